The van der Waals surface area contributed by atoms with Crippen LogP contribution in [0.15, 0.2) is 0 Å². The Balaban J connectivity index is 1.72. The predicted molar refractivity (Wildman–Crippen MR) is 74.1 cm³/mol. The lowest BCUT2D eigenvalue weighted by Gasteiger charge is -2.31. The SMILES string of the molecule is NCCN(CCC1CCCCC1)C1CCCC1. The Kier molecular flexibility index (Phi) is 5.79. The molecule has 100 valence electrons. The summed E-state index contributed by atoms with van der Waals surface area (Å²) in [6, 6.07) is 0.863. The van der Waals surface area contributed by atoms with Crippen LogP contribution >= 0.6 is 0 Å². The Morgan fingerprint density at radius 1 is 0.824 bits per heavy atom. The number of hydrogen-bond acceptors (Lipinski definition) is 2. The zero-order valence-corrected chi connectivity index (χ0v) is 11.4. The fraction of sp³-hybridized carbons (Fsp3) is 1.00. The van der Waals surface area contributed by atoms with Crippen LogP contribution in [0.25, 0.3) is 0 Å². The Hall–Kier alpha value is -0.0800. The van der Waals surface area contributed by atoms with E-state index in [0.717, 1.165) is 25.0 Å². The van der Waals surface area contributed by atoms with Crippen molar-refractivity contribution >= 4 is 0 Å². The number of hydrogen-bond donors (Lipinski definition) is 1. The molecular weight excluding hydrogens is 208 g/mol. The van der Waals surface area contributed by atoms with Gasteiger partial charge in [-0.3, -0.25) is 4.90 Å². The van der Waals surface area contributed by atoms with E-state index < -0.39 is 0 Å². The van der Waals surface area contributed by atoms with Crippen LogP contribution in [0.3, 0.4) is 0 Å². The van der Waals surface area contributed by atoms with Crippen LogP contribution in [0.4, 0.5) is 0 Å². The standard InChI is InChI=1S/C15H30N2/c16-11-13-17(15-8-4-5-9-15)12-10-14-6-2-1-3-7-14/h14-15H,1-13,16H2. The molecule has 2 saturated carbocycles. The molecule has 2 N–H and O–H groups in total. The van der Waals surface area contributed by atoms with E-state index in [2.05, 4.69) is 4.90 Å². The van der Waals surface area contributed by atoms with Gasteiger partial charge in [-0.15, -0.1) is 0 Å². The van der Waals surface area contributed by atoms with E-state index in [9.17, 15) is 0 Å². The average Bonchev–Trinajstić information content (AvgIpc) is 2.89. The van der Waals surface area contributed by atoms with Gasteiger partial charge < -0.3 is 5.73 Å². The van der Waals surface area contributed by atoms with Crippen molar-refractivity contribution in [3.05, 3.63) is 0 Å². The first-order valence-electron chi connectivity index (χ1n) is 7.84. The van der Waals surface area contributed by atoms with E-state index in [1.165, 1.54) is 70.8 Å². The van der Waals surface area contributed by atoms with Crippen molar-refractivity contribution in [3.63, 3.8) is 0 Å². The topological polar surface area (TPSA) is 29.3 Å². The van der Waals surface area contributed by atoms with Crippen LogP contribution in [0, 0.1) is 5.92 Å². The summed E-state index contributed by atoms with van der Waals surface area (Å²) in [4.78, 5) is 2.70. The van der Waals surface area contributed by atoms with Gasteiger partial charge in [0.25, 0.3) is 0 Å². The molecule has 2 aliphatic rings. The molecule has 0 amide bonds. The van der Waals surface area contributed by atoms with Crippen LogP contribution in [-0.2, 0) is 0 Å². The summed E-state index contributed by atoms with van der Waals surface area (Å²) < 4.78 is 0. The molecule has 0 heterocycles. The maximum absolute atomic E-state index is 5.76. The van der Waals surface area contributed by atoms with E-state index in [4.69, 9.17) is 5.73 Å². The minimum absolute atomic E-state index is 0.834. The fourth-order valence-electron chi connectivity index (χ4n) is 3.74. The lowest BCUT2D eigenvalue weighted by molar-refractivity contribution is 0.180. The molecule has 2 aliphatic carbocycles. The summed E-state index contributed by atoms with van der Waals surface area (Å²) >= 11 is 0. The summed E-state index contributed by atoms with van der Waals surface area (Å²) in [5.41, 5.74) is 5.76. The lowest BCUT2D eigenvalue weighted by atomic mass is 9.87. The molecule has 0 unspecified atom stereocenters. The molecule has 0 aromatic rings. The molecular formula is C15H30N2. The highest BCUT2D eigenvalue weighted by atomic mass is 15.2. The molecule has 0 atom stereocenters. The van der Waals surface area contributed by atoms with Gasteiger partial charge in [0.05, 0.1) is 0 Å². The first-order chi connectivity index (χ1) is 8.40. The minimum atomic E-state index is 0.834. The molecule has 17 heavy (non-hydrogen) atoms. The van der Waals surface area contributed by atoms with Crippen molar-refractivity contribution in [2.24, 2.45) is 11.7 Å². The van der Waals surface area contributed by atoms with Crippen LogP contribution in [0.1, 0.15) is 64.2 Å². The first kappa shape index (κ1) is 13.4. The lowest BCUT2D eigenvalue weighted by Crippen LogP contribution is -2.38. The number of nitrogens with zero attached hydrogens (tertiary/aromatic N) is 1. The molecule has 0 aliphatic heterocycles. The smallest absolute Gasteiger partial charge is 0.0108 e. The monoisotopic (exact) mass is 238 g/mol. The van der Waals surface area contributed by atoms with Crippen LogP contribution in [-0.4, -0.2) is 30.6 Å². The Bertz CT molecular complexity index is 193. The molecule has 0 aromatic heterocycles. The maximum Gasteiger partial charge on any atom is 0.0108 e. The first-order valence-corrected chi connectivity index (χ1v) is 7.84. The van der Waals surface area contributed by atoms with E-state index in [0.29, 0.717) is 0 Å². The van der Waals surface area contributed by atoms with Crippen LogP contribution in [0.2, 0.25) is 0 Å². The van der Waals surface area contributed by atoms with E-state index in [-0.39, 0.29) is 0 Å². The third kappa shape index (κ3) is 4.26. The molecule has 2 fully saturated rings. The third-order valence-electron chi connectivity index (χ3n) is 4.81. The zero-order valence-electron chi connectivity index (χ0n) is 11.4. The highest BCUT2D eigenvalue weighted by molar-refractivity contribution is 4.78. The van der Waals surface area contributed by atoms with Gasteiger partial charge in [-0.1, -0.05) is 44.9 Å². The average molecular weight is 238 g/mol. The molecule has 2 nitrogen and oxygen atoms in total. The van der Waals surface area contributed by atoms with Gasteiger partial charge in [-0.25, -0.2) is 0 Å². The van der Waals surface area contributed by atoms with Gasteiger partial charge in [0.1, 0.15) is 0 Å². The zero-order chi connectivity index (χ0) is 11.9. The molecule has 0 aromatic carbocycles. The number of nitrogens with two attached hydrogens (primary N) is 1. The summed E-state index contributed by atoms with van der Waals surface area (Å²) in [5.74, 6) is 1.02. The van der Waals surface area contributed by atoms with Gasteiger partial charge in [-0.05, 0) is 31.7 Å². The second kappa shape index (κ2) is 7.38. The Morgan fingerprint density at radius 2 is 1.47 bits per heavy atom. The van der Waals surface area contributed by atoms with E-state index in [1.807, 2.05) is 0 Å². The molecule has 0 bridgehead atoms. The quantitative estimate of drug-likeness (QED) is 0.770. The fourth-order valence-corrected chi connectivity index (χ4v) is 3.74. The normalized spacial score (nSPS) is 23.6. The van der Waals surface area contributed by atoms with Crippen molar-refractivity contribution in [3.8, 4) is 0 Å². The molecule has 2 rings (SSSR count). The summed E-state index contributed by atoms with van der Waals surface area (Å²) in [7, 11) is 0. The second-order valence-corrected chi connectivity index (χ2v) is 6.06. The van der Waals surface area contributed by atoms with Gasteiger partial charge in [0.2, 0.25) is 0 Å². The molecule has 0 spiro atoms. The predicted octanol–water partition coefficient (Wildman–Crippen LogP) is 3.16. The molecule has 2 heteroatoms. The summed E-state index contributed by atoms with van der Waals surface area (Å²) in [6.07, 6.45) is 14.6. The number of rotatable bonds is 6. The second-order valence-electron chi connectivity index (χ2n) is 6.06. The highest BCUT2D eigenvalue weighted by Crippen LogP contribution is 2.28. The Morgan fingerprint density at radius 3 is 2.12 bits per heavy atom. The van der Waals surface area contributed by atoms with Crippen molar-refractivity contribution in [1.29, 1.82) is 0 Å². The third-order valence-corrected chi connectivity index (χ3v) is 4.81. The van der Waals surface area contributed by atoms with Crippen molar-refractivity contribution in [2.75, 3.05) is 19.6 Å². The van der Waals surface area contributed by atoms with Gasteiger partial charge >= 0.3 is 0 Å². The summed E-state index contributed by atoms with van der Waals surface area (Å²) in [5, 5.41) is 0. The van der Waals surface area contributed by atoms with Crippen molar-refractivity contribution < 1.29 is 0 Å². The van der Waals surface area contributed by atoms with Gasteiger partial charge in [0.15, 0.2) is 0 Å². The van der Waals surface area contributed by atoms with E-state index in [1.54, 1.807) is 0 Å². The summed E-state index contributed by atoms with van der Waals surface area (Å²) in [6.45, 7) is 3.27. The largest absolute Gasteiger partial charge is 0.329 e. The van der Waals surface area contributed by atoms with Crippen molar-refractivity contribution in [2.45, 2.75) is 70.3 Å². The molecule has 0 radical (unpaired) electrons. The van der Waals surface area contributed by atoms with Crippen LogP contribution in [0.5, 0.6) is 0 Å². The van der Waals surface area contributed by atoms with Crippen molar-refractivity contribution in [1.82, 2.24) is 4.90 Å². The van der Waals surface area contributed by atoms with E-state index >= 15 is 0 Å². The maximum atomic E-state index is 5.76. The minimum Gasteiger partial charge on any atom is -0.329 e. The molecule has 0 saturated heterocycles. The highest BCUT2D eigenvalue weighted by Gasteiger charge is 2.23. The Labute approximate surface area is 107 Å². The van der Waals surface area contributed by atoms with Crippen LogP contribution < -0.4 is 5.73 Å². The van der Waals surface area contributed by atoms with Gasteiger partial charge in [-0.2, -0.15) is 0 Å². The van der Waals surface area contributed by atoms with Gasteiger partial charge in [0, 0.05) is 19.1 Å².